The van der Waals surface area contributed by atoms with Crippen molar-refractivity contribution in [3.8, 4) is 0 Å². The first kappa shape index (κ1) is 15.3. The SMILES string of the molecule is C=C=C=C=C=C(F)/C(CF)=C(\C=C\C)c1nnnn1C. The molecule has 0 aliphatic rings. The lowest BCUT2D eigenvalue weighted by Crippen LogP contribution is -2.02. The van der Waals surface area contributed by atoms with Crippen LogP contribution in [0.5, 0.6) is 0 Å². The molecule has 1 rings (SSSR count). The zero-order valence-electron chi connectivity index (χ0n) is 11.1. The van der Waals surface area contributed by atoms with Gasteiger partial charge in [-0.25, -0.2) is 9.07 Å². The second-order valence-electron chi connectivity index (χ2n) is 3.52. The van der Waals surface area contributed by atoms with Crippen molar-refractivity contribution in [3.63, 3.8) is 0 Å². The summed E-state index contributed by atoms with van der Waals surface area (Å²) in [4.78, 5) is 0. The van der Waals surface area contributed by atoms with Gasteiger partial charge in [-0.3, -0.25) is 0 Å². The molecule has 6 heteroatoms. The Kier molecular flexibility index (Phi) is 5.86. The van der Waals surface area contributed by atoms with Crippen LogP contribution in [0.3, 0.4) is 0 Å². The highest BCUT2D eigenvalue weighted by Gasteiger charge is 2.16. The van der Waals surface area contributed by atoms with E-state index in [0.717, 1.165) is 0 Å². The smallest absolute Gasteiger partial charge is 0.182 e. The fourth-order valence-electron chi connectivity index (χ4n) is 1.39. The molecular formula is C14H12F2N4. The van der Waals surface area contributed by atoms with E-state index in [1.165, 1.54) is 10.8 Å². The number of rotatable bonds is 4. The summed E-state index contributed by atoms with van der Waals surface area (Å²) < 4.78 is 28.4. The van der Waals surface area contributed by atoms with Crippen molar-refractivity contribution in [2.45, 2.75) is 6.92 Å². The van der Waals surface area contributed by atoms with E-state index in [0.29, 0.717) is 0 Å². The topological polar surface area (TPSA) is 43.6 Å². The van der Waals surface area contributed by atoms with Gasteiger partial charge in [-0.2, -0.15) is 4.39 Å². The van der Waals surface area contributed by atoms with Crippen LogP contribution in [0.2, 0.25) is 0 Å². The van der Waals surface area contributed by atoms with Crippen molar-refractivity contribution in [2.75, 3.05) is 6.67 Å². The Morgan fingerprint density at radius 1 is 1.45 bits per heavy atom. The van der Waals surface area contributed by atoms with Crippen molar-refractivity contribution >= 4 is 5.57 Å². The van der Waals surface area contributed by atoms with E-state index in [-0.39, 0.29) is 17.0 Å². The van der Waals surface area contributed by atoms with Gasteiger partial charge < -0.3 is 0 Å². The summed E-state index contributed by atoms with van der Waals surface area (Å²) in [6.45, 7) is 3.92. The van der Waals surface area contributed by atoms with Crippen LogP contribution in [0.1, 0.15) is 12.7 Å². The molecule has 0 bridgehead atoms. The molecule has 0 amide bonds. The summed E-state index contributed by atoms with van der Waals surface area (Å²) in [5.41, 5.74) is 8.92. The highest BCUT2D eigenvalue weighted by Crippen LogP contribution is 2.24. The van der Waals surface area contributed by atoms with Gasteiger partial charge in [0.05, 0.1) is 0 Å². The number of nitrogens with zero attached hydrogens (tertiary/aromatic N) is 4. The second kappa shape index (κ2) is 7.65. The average Bonchev–Trinajstić information content (AvgIpc) is 2.85. The Morgan fingerprint density at radius 2 is 2.20 bits per heavy atom. The maximum atomic E-state index is 13.9. The van der Waals surface area contributed by atoms with Crippen LogP contribution < -0.4 is 0 Å². The molecule has 102 valence electrons. The first-order valence-corrected chi connectivity index (χ1v) is 5.61. The molecule has 0 unspecified atom stereocenters. The summed E-state index contributed by atoms with van der Waals surface area (Å²) in [6.07, 6.45) is 3.16. The predicted molar refractivity (Wildman–Crippen MR) is 70.8 cm³/mol. The monoisotopic (exact) mass is 274 g/mol. The number of allylic oxidation sites excluding steroid dienone is 5. The van der Waals surface area contributed by atoms with Crippen LogP contribution in [0, 0.1) is 0 Å². The van der Waals surface area contributed by atoms with E-state index in [1.54, 1.807) is 20.0 Å². The Hall–Kier alpha value is -2.73. The standard InChI is InChI=1S/C14H12F2N4/c1-4-6-7-9-13(16)12(10-15)11(8-5-2)14-17-18-19-20(14)3/h5,8H,1,10H2,2-3H3/b8-5+,12-11+. The molecule has 0 aromatic carbocycles. The van der Waals surface area contributed by atoms with E-state index >= 15 is 0 Å². The molecule has 0 aliphatic carbocycles. The molecule has 1 aromatic heterocycles. The van der Waals surface area contributed by atoms with Crippen LogP contribution in [0.15, 0.2) is 53.1 Å². The third-order valence-electron chi connectivity index (χ3n) is 2.24. The lowest BCUT2D eigenvalue weighted by molar-refractivity contribution is 0.523. The normalized spacial score (nSPS) is 11.2. The Labute approximate surface area is 115 Å². The quantitative estimate of drug-likeness (QED) is 0.626. The highest BCUT2D eigenvalue weighted by atomic mass is 19.1. The average molecular weight is 274 g/mol. The summed E-state index contributed by atoms with van der Waals surface area (Å²) in [7, 11) is 1.58. The minimum absolute atomic E-state index is 0.223. The number of tetrazole rings is 1. The van der Waals surface area contributed by atoms with Gasteiger partial charge in [-0.1, -0.05) is 17.9 Å². The lowest BCUT2D eigenvalue weighted by atomic mass is 10.1. The molecule has 4 nitrogen and oxygen atoms in total. The molecule has 0 fully saturated rings. The van der Waals surface area contributed by atoms with Crippen molar-refractivity contribution in [1.29, 1.82) is 0 Å². The molecule has 1 heterocycles. The maximum absolute atomic E-state index is 13.9. The molecule has 0 atom stereocenters. The van der Waals surface area contributed by atoms with Crippen LogP contribution in [-0.2, 0) is 7.05 Å². The molecule has 0 saturated carbocycles. The third-order valence-corrected chi connectivity index (χ3v) is 2.24. The summed E-state index contributed by atoms with van der Waals surface area (Å²) in [5.74, 6) is -0.665. The van der Waals surface area contributed by atoms with E-state index in [1.807, 2.05) is 0 Å². The van der Waals surface area contributed by atoms with Gasteiger partial charge in [0, 0.05) is 18.2 Å². The van der Waals surface area contributed by atoms with Crippen LogP contribution in [-0.4, -0.2) is 26.9 Å². The number of hydrogen-bond acceptors (Lipinski definition) is 3. The molecule has 0 radical (unpaired) electrons. The summed E-state index contributed by atoms with van der Waals surface area (Å²) in [6, 6.07) is 0. The van der Waals surface area contributed by atoms with Gasteiger partial charge in [0.1, 0.15) is 6.67 Å². The van der Waals surface area contributed by atoms with Crippen LogP contribution in [0.25, 0.3) is 5.57 Å². The highest BCUT2D eigenvalue weighted by molar-refractivity contribution is 5.75. The van der Waals surface area contributed by atoms with Gasteiger partial charge in [-0.05, 0) is 41.1 Å². The van der Waals surface area contributed by atoms with Crippen molar-refractivity contribution in [1.82, 2.24) is 20.2 Å². The lowest BCUT2D eigenvalue weighted by Gasteiger charge is -2.05. The van der Waals surface area contributed by atoms with Gasteiger partial charge in [0.15, 0.2) is 11.7 Å². The van der Waals surface area contributed by atoms with Gasteiger partial charge in [0.2, 0.25) is 0 Å². The molecule has 1 aromatic rings. The Morgan fingerprint density at radius 3 is 2.70 bits per heavy atom. The van der Waals surface area contributed by atoms with Crippen molar-refractivity contribution < 1.29 is 8.78 Å². The molecule has 20 heavy (non-hydrogen) atoms. The van der Waals surface area contributed by atoms with E-state index < -0.39 is 12.5 Å². The van der Waals surface area contributed by atoms with Crippen molar-refractivity contribution in [3.05, 3.63) is 58.9 Å². The largest absolute Gasteiger partial charge is 0.246 e. The van der Waals surface area contributed by atoms with Crippen molar-refractivity contribution in [2.24, 2.45) is 7.05 Å². The minimum Gasteiger partial charge on any atom is -0.246 e. The first-order valence-electron chi connectivity index (χ1n) is 5.61. The summed E-state index contributed by atoms with van der Waals surface area (Å²) >= 11 is 0. The molecule has 0 spiro atoms. The minimum atomic E-state index is -1.04. The zero-order chi connectivity index (χ0) is 15.0. The maximum Gasteiger partial charge on any atom is 0.182 e. The van der Waals surface area contributed by atoms with Gasteiger partial charge >= 0.3 is 0 Å². The molecule has 0 N–H and O–H groups in total. The third kappa shape index (κ3) is 3.63. The first-order chi connectivity index (χ1) is 9.65. The Balaban J connectivity index is 3.62. The second-order valence-corrected chi connectivity index (χ2v) is 3.52. The zero-order valence-corrected chi connectivity index (χ0v) is 11.1. The Bertz CT molecular complexity index is 701. The predicted octanol–water partition coefficient (Wildman–Crippen LogP) is 2.61. The fourth-order valence-corrected chi connectivity index (χ4v) is 1.39. The van der Waals surface area contributed by atoms with E-state index in [9.17, 15) is 8.78 Å². The van der Waals surface area contributed by atoms with Gasteiger partial charge in [0.25, 0.3) is 0 Å². The molecule has 0 saturated heterocycles. The summed E-state index contributed by atoms with van der Waals surface area (Å²) in [5, 5.41) is 10.8. The van der Waals surface area contributed by atoms with Crippen LogP contribution in [0.4, 0.5) is 8.78 Å². The molecule has 0 aliphatic heterocycles. The number of halogens is 2. The van der Waals surface area contributed by atoms with Crippen LogP contribution >= 0.6 is 0 Å². The number of hydrogen-bond donors (Lipinski definition) is 0. The molecular weight excluding hydrogens is 262 g/mol. The number of aromatic nitrogens is 4. The van der Waals surface area contributed by atoms with E-state index in [2.05, 4.69) is 45.0 Å². The van der Waals surface area contributed by atoms with Gasteiger partial charge in [-0.15, -0.1) is 5.10 Å². The number of aryl methyl sites for hydroxylation is 1. The fraction of sp³-hybridized carbons (Fsp3) is 0.214. The number of alkyl halides is 1. The van der Waals surface area contributed by atoms with E-state index in [4.69, 9.17) is 0 Å².